The van der Waals surface area contributed by atoms with Gasteiger partial charge in [-0.3, -0.25) is 0 Å². The average molecular weight is 301 g/mol. The molecule has 0 fully saturated rings. The van der Waals surface area contributed by atoms with Crippen LogP contribution < -0.4 is 9.46 Å². The lowest BCUT2D eigenvalue weighted by Crippen LogP contribution is -2.38. The number of aliphatic hydroxyl groups excluding tert-OH is 1. The number of benzene rings is 1. The third-order valence-corrected chi connectivity index (χ3v) is 5.28. The molecule has 0 aromatic heterocycles. The second-order valence-electron chi connectivity index (χ2n) is 5.16. The van der Waals surface area contributed by atoms with Crippen LogP contribution in [0.15, 0.2) is 17.0 Å². The molecule has 20 heavy (non-hydrogen) atoms. The normalized spacial score (nSPS) is 14.9. The van der Waals surface area contributed by atoms with Crippen molar-refractivity contribution >= 4 is 10.0 Å². The Labute approximate surface area is 121 Å². The number of aliphatic hydroxyl groups is 1. The summed E-state index contributed by atoms with van der Waals surface area (Å²) in [6.45, 7) is 6.95. The molecule has 1 aromatic rings. The summed E-state index contributed by atoms with van der Waals surface area (Å²) >= 11 is 0. The van der Waals surface area contributed by atoms with Gasteiger partial charge in [0, 0.05) is 12.6 Å². The Kier molecular flexibility index (Phi) is 5.56. The standard InChI is InChI=1S/C14H23NO4S/c1-9-6-13(19-5)7-10(2)14(9)20(17,18)15-12(4)11(3)8-16/h6-7,11-12,15-16H,8H2,1-5H3. The van der Waals surface area contributed by atoms with Gasteiger partial charge in [0.1, 0.15) is 5.75 Å². The van der Waals surface area contributed by atoms with Gasteiger partial charge in [0.15, 0.2) is 0 Å². The van der Waals surface area contributed by atoms with Gasteiger partial charge in [-0.25, -0.2) is 13.1 Å². The van der Waals surface area contributed by atoms with Crippen molar-refractivity contribution in [2.75, 3.05) is 13.7 Å². The molecule has 0 aliphatic rings. The number of rotatable bonds is 6. The summed E-state index contributed by atoms with van der Waals surface area (Å²) in [5.41, 5.74) is 1.27. The molecule has 0 saturated heterocycles. The van der Waals surface area contributed by atoms with E-state index in [9.17, 15) is 8.42 Å². The fraction of sp³-hybridized carbons (Fsp3) is 0.571. The molecule has 5 nitrogen and oxygen atoms in total. The summed E-state index contributed by atoms with van der Waals surface area (Å²) in [5.74, 6) is 0.486. The maximum absolute atomic E-state index is 12.5. The zero-order chi connectivity index (χ0) is 15.5. The molecule has 2 atom stereocenters. The van der Waals surface area contributed by atoms with Gasteiger partial charge < -0.3 is 9.84 Å². The Morgan fingerprint density at radius 1 is 1.25 bits per heavy atom. The molecule has 2 unspecified atom stereocenters. The van der Waals surface area contributed by atoms with Gasteiger partial charge >= 0.3 is 0 Å². The summed E-state index contributed by atoms with van der Waals surface area (Å²) in [4.78, 5) is 0.273. The zero-order valence-corrected chi connectivity index (χ0v) is 13.4. The highest BCUT2D eigenvalue weighted by Crippen LogP contribution is 2.26. The van der Waals surface area contributed by atoms with E-state index in [2.05, 4.69) is 4.72 Å². The minimum absolute atomic E-state index is 0.0652. The van der Waals surface area contributed by atoms with Crippen LogP contribution in [0.2, 0.25) is 0 Å². The molecular weight excluding hydrogens is 278 g/mol. The van der Waals surface area contributed by atoms with E-state index in [0.717, 1.165) is 0 Å². The number of hydrogen-bond donors (Lipinski definition) is 2. The van der Waals surface area contributed by atoms with Crippen molar-refractivity contribution in [1.82, 2.24) is 4.72 Å². The largest absolute Gasteiger partial charge is 0.497 e. The van der Waals surface area contributed by atoms with Gasteiger partial charge in [-0.05, 0) is 49.9 Å². The van der Waals surface area contributed by atoms with E-state index < -0.39 is 10.0 Å². The lowest BCUT2D eigenvalue weighted by molar-refractivity contribution is 0.216. The van der Waals surface area contributed by atoms with Crippen molar-refractivity contribution in [2.24, 2.45) is 5.92 Å². The predicted molar refractivity (Wildman–Crippen MR) is 78.5 cm³/mol. The molecular formula is C14H23NO4S. The first-order valence-electron chi connectivity index (χ1n) is 6.51. The molecule has 0 amide bonds. The summed E-state index contributed by atoms with van der Waals surface area (Å²) in [7, 11) is -2.07. The van der Waals surface area contributed by atoms with Gasteiger partial charge in [-0.2, -0.15) is 0 Å². The van der Waals surface area contributed by atoms with E-state index in [1.165, 1.54) is 0 Å². The summed E-state index contributed by atoms with van der Waals surface area (Å²) in [6.07, 6.45) is 0. The Hall–Kier alpha value is -1.11. The molecule has 2 N–H and O–H groups in total. The average Bonchev–Trinajstić information content (AvgIpc) is 2.35. The molecule has 0 aliphatic carbocycles. The number of sulfonamides is 1. The molecule has 0 bridgehead atoms. The Morgan fingerprint density at radius 3 is 2.15 bits per heavy atom. The monoisotopic (exact) mass is 301 g/mol. The van der Waals surface area contributed by atoms with Crippen molar-refractivity contribution in [2.45, 2.75) is 38.6 Å². The van der Waals surface area contributed by atoms with Crippen molar-refractivity contribution < 1.29 is 18.3 Å². The molecule has 1 rings (SSSR count). The van der Waals surface area contributed by atoms with E-state index in [1.54, 1.807) is 46.9 Å². The van der Waals surface area contributed by atoms with Gasteiger partial charge in [-0.15, -0.1) is 0 Å². The lowest BCUT2D eigenvalue weighted by Gasteiger charge is -2.21. The minimum Gasteiger partial charge on any atom is -0.497 e. The van der Waals surface area contributed by atoms with Gasteiger partial charge in [-0.1, -0.05) is 6.92 Å². The number of ether oxygens (including phenoxy) is 1. The van der Waals surface area contributed by atoms with E-state index in [-0.39, 0.29) is 23.5 Å². The molecule has 0 aliphatic heterocycles. The van der Waals surface area contributed by atoms with Crippen LogP contribution in [-0.4, -0.2) is 33.3 Å². The van der Waals surface area contributed by atoms with E-state index in [0.29, 0.717) is 16.9 Å². The van der Waals surface area contributed by atoms with E-state index in [1.807, 2.05) is 0 Å². The van der Waals surface area contributed by atoms with E-state index in [4.69, 9.17) is 9.84 Å². The zero-order valence-electron chi connectivity index (χ0n) is 12.6. The molecule has 1 aromatic carbocycles. The maximum atomic E-state index is 12.5. The topological polar surface area (TPSA) is 75.6 Å². The Balaban J connectivity index is 3.16. The maximum Gasteiger partial charge on any atom is 0.241 e. The molecule has 0 heterocycles. The first-order valence-corrected chi connectivity index (χ1v) is 7.99. The van der Waals surface area contributed by atoms with Crippen LogP contribution in [0.3, 0.4) is 0 Å². The fourth-order valence-electron chi connectivity index (χ4n) is 2.03. The van der Waals surface area contributed by atoms with Crippen LogP contribution in [0.25, 0.3) is 0 Å². The third-order valence-electron chi connectivity index (χ3n) is 3.42. The van der Waals surface area contributed by atoms with Gasteiger partial charge in [0.25, 0.3) is 0 Å². The molecule has 0 radical (unpaired) electrons. The first kappa shape index (κ1) is 16.9. The van der Waals surface area contributed by atoms with Crippen LogP contribution >= 0.6 is 0 Å². The molecule has 0 saturated carbocycles. The second-order valence-corrected chi connectivity index (χ2v) is 6.81. The van der Waals surface area contributed by atoms with Crippen molar-refractivity contribution in [1.29, 1.82) is 0 Å². The molecule has 0 spiro atoms. The Bertz CT molecular complexity index is 546. The van der Waals surface area contributed by atoms with Crippen LogP contribution in [0.4, 0.5) is 0 Å². The Morgan fingerprint density at radius 2 is 1.75 bits per heavy atom. The predicted octanol–water partition coefficient (Wildman–Crippen LogP) is 1.61. The van der Waals surface area contributed by atoms with Crippen molar-refractivity contribution in [3.63, 3.8) is 0 Å². The van der Waals surface area contributed by atoms with Crippen LogP contribution in [0.5, 0.6) is 5.75 Å². The second kappa shape index (κ2) is 6.56. The van der Waals surface area contributed by atoms with Crippen LogP contribution in [0.1, 0.15) is 25.0 Å². The van der Waals surface area contributed by atoms with Gasteiger partial charge in [0.05, 0.1) is 12.0 Å². The highest BCUT2D eigenvalue weighted by molar-refractivity contribution is 7.89. The SMILES string of the molecule is COc1cc(C)c(S(=O)(=O)NC(C)C(C)CO)c(C)c1. The quantitative estimate of drug-likeness (QED) is 0.837. The molecule has 6 heteroatoms. The lowest BCUT2D eigenvalue weighted by atomic mass is 10.1. The first-order chi connectivity index (χ1) is 9.22. The number of hydrogen-bond acceptors (Lipinski definition) is 4. The van der Waals surface area contributed by atoms with Crippen molar-refractivity contribution in [3.8, 4) is 5.75 Å². The summed E-state index contributed by atoms with van der Waals surface area (Å²) < 4.78 is 32.7. The third kappa shape index (κ3) is 3.71. The van der Waals surface area contributed by atoms with Gasteiger partial charge in [0.2, 0.25) is 10.0 Å². The minimum atomic E-state index is -3.62. The molecule has 114 valence electrons. The highest BCUT2D eigenvalue weighted by Gasteiger charge is 2.24. The van der Waals surface area contributed by atoms with E-state index >= 15 is 0 Å². The summed E-state index contributed by atoms with van der Waals surface area (Å²) in [6, 6.07) is 3.05. The van der Waals surface area contributed by atoms with Crippen LogP contribution in [-0.2, 0) is 10.0 Å². The summed E-state index contributed by atoms with van der Waals surface area (Å²) in [5, 5.41) is 9.10. The fourth-order valence-corrected chi connectivity index (χ4v) is 3.84. The highest BCUT2D eigenvalue weighted by atomic mass is 32.2. The smallest absolute Gasteiger partial charge is 0.241 e. The number of methoxy groups -OCH3 is 1. The van der Waals surface area contributed by atoms with Crippen LogP contribution in [0, 0.1) is 19.8 Å². The number of aryl methyl sites for hydroxylation is 2. The van der Waals surface area contributed by atoms with Crippen molar-refractivity contribution in [3.05, 3.63) is 23.3 Å². The number of nitrogens with one attached hydrogen (secondary N) is 1.